The first-order valence-corrected chi connectivity index (χ1v) is 8.17. The van der Waals surface area contributed by atoms with E-state index >= 15 is 0 Å². The molecular weight excluding hydrogens is 320 g/mol. The number of carbonyl (C=O) groups excluding carboxylic acids is 1. The molecule has 25 heavy (non-hydrogen) atoms. The smallest absolute Gasteiger partial charge is 0.306 e. The van der Waals surface area contributed by atoms with Gasteiger partial charge >= 0.3 is 5.97 Å². The van der Waals surface area contributed by atoms with E-state index in [2.05, 4.69) is 0 Å². The Bertz CT molecular complexity index is 682. The van der Waals surface area contributed by atoms with Crippen molar-refractivity contribution in [3.8, 4) is 17.2 Å². The lowest BCUT2D eigenvalue weighted by Crippen LogP contribution is -2.09. The van der Waals surface area contributed by atoms with E-state index in [-0.39, 0.29) is 12.4 Å². The van der Waals surface area contributed by atoms with Crippen LogP contribution in [0, 0.1) is 0 Å². The Hall–Kier alpha value is -2.69. The Morgan fingerprint density at radius 1 is 0.840 bits per heavy atom. The third-order valence-corrected chi connectivity index (χ3v) is 3.90. The molecule has 0 saturated carbocycles. The maximum absolute atomic E-state index is 12.0. The molecule has 5 nitrogen and oxygen atoms in total. The van der Waals surface area contributed by atoms with Crippen molar-refractivity contribution in [2.45, 2.75) is 19.3 Å². The number of ether oxygens (including phenoxy) is 4. The minimum atomic E-state index is -0.247. The molecule has 0 fully saturated rings. The van der Waals surface area contributed by atoms with Crippen LogP contribution in [0.3, 0.4) is 0 Å². The van der Waals surface area contributed by atoms with Crippen LogP contribution in [0.5, 0.6) is 17.2 Å². The quantitative estimate of drug-likeness (QED) is 0.652. The monoisotopic (exact) mass is 344 g/mol. The zero-order chi connectivity index (χ0) is 18.1. The number of benzene rings is 2. The van der Waals surface area contributed by atoms with Gasteiger partial charge in [0.15, 0.2) is 11.5 Å². The van der Waals surface area contributed by atoms with Crippen LogP contribution in [0.2, 0.25) is 0 Å². The number of hydrogen-bond donors (Lipinski definition) is 0. The molecule has 0 aromatic heterocycles. The maximum atomic E-state index is 12.0. The van der Waals surface area contributed by atoms with Gasteiger partial charge in [-0.25, -0.2) is 0 Å². The molecule has 0 bridgehead atoms. The fourth-order valence-corrected chi connectivity index (χ4v) is 2.63. The van der Waals surface area contributed by atoms with Crippen molar-refractivity contribution in [1.29, 1.82) is 0 Å². The van der Waals surface area contributed by atoms with Crippen LogP contribution in [-0.2, 0) is 22.4 Å². The van der Waals surface area contributed by atoms with E-state index in [1.807, 2.05) is 30.3 Å². The number of esters is 1. The maximum Gasteiger partial charge on any atom is 0.306 e. The molecule has 0 heterocycles. The minimum absolute atomic E-state index is 0.245. The van der Waals surface area contributed by atoms with Gasteiger partial charge in [0.25, 0.3) is 0 Å². The van der Waals surface area contributed by atoms with E-state index in [4.69, 9.17) is 18.9 Å². The minimum Gasteiger partial charge on any atom is -0.496 e. The van der Waals surface area contributed by atoms with Crippen LogP contribution in [0.1, 0.15) is 17.5 Å². The molecule has 0 aliphatic rings. The van der Waals surface area contributed by atoms with Gasteiger partial charge in [-0.1, -0.05) is 30.3 Å². The number of hydrogen-bond acceptors (Lipinski definition) is 5. The summed E-state index contributed by atoms with van der Waals surface area (Å²) < 4.78 is 21.4. The van der Waals surface area contributed by atoms with Crippen LogP contribution in [0.25, 0.3) is 0 Å². The highest BCUT2D eigenvalue weighted by Gasteiger charge is 2.17. The first-order valence-electron chi connectivity index (χ1n) is 8.17. The third kappa shape index (κ3) is 5.14. The summed E-state index contributed by atoms with van der Waals surface area (Å²) in [5.41, 5.74) is 1.94. The van der Waals surface area contributed by atoms with Gasteiger partial charge in [0, 0.05) is 18.4 Å². The van der Waals surface area contributed by atoms with Crippen LogP contribution in [0.4, 0.5) is 0 Å². The van der Waals surface area contributed by atoms with Gasteiger partial charge in [-0.05, 0) is 24.1 Å². The van der Waals surface area contributed by atoms with E-state index in [1.54, 1.807) is 33.5 Å². The summed E-state index contributed by atoms with van der Waals surface area (Å²) >= 11 is 0. The summed E-state index contributed by atoms with van der Waals surface area (Å²) in [4.78, 5) is 12.0. The fourth-order valence-electron chi connectivity index (χ4n) is 2.63. The van der Waals surface area contributed by atoms with Crippen LogP contribution in [-0.4, -0.2) is 33.9 Å². The van der Waals surface area contributed by atoms with Crippen molar-refractivity contribution in [3.63, 3.8) is 0 Å². The Kier molecular flexibility index (Phi) is 7.14. The average Bonchev–Trinajstić information content (AvgIpc) is 2.66. The highest BCUT2D eigenvalue weighted by molar-refractivity contribution is 5.70. The first kappa shape index (κ1) is 18.6. The van der Waals surface area contributed by atoms with E-state index in [1.165, 1.54) is 0 Å². The molecule has 5 heteroatoms. The van der Waals surface area contributed by atoms with Crippen molar-refractivity contribution in [2.24, 2.45) is 0 Å². The van der Waals surface area contributed by atoms with Crippen molar-refractivity contribution in [3.05, 3.63) is 53.6 Å². The summed E-state index contributed by atoms with van der Waals surface area (Å²) in [5, 5.41) is 0. The second kappa shape index (κ2) is 9.57. The first-order chi connectivity index (χ1) is 12.2. The van der Waals surface area contributed by atoms with Crippen LogP contribution < -0.4 is 14.2 Å². The van der Waals surface area contributed by atoms with Crippen molar-refractivity contribution in [2.75, 3.05) is 27.9 Å². The molecule has 0 atom stereocenters. The predicted molar refractivity (Wildman–Crippen MR) is 95.5 cm³/mol. The van der Waals surface area contributed by atoms with Gasteiger partial charge < -0.3 is 18.9 Å². The molecule has 2 rings (SSSR count). The largest absolute Gasteiger partial charge is 0.496 e. The second-order valence-corrected chi connectivity index (χ2v) is 5.44. The predicted octanol–water partition coefficient (Wildman–Crippen LogP) is 3.43. The van der Waals surface area contributed by atoms with E-state index < -0.39 is 0 Å². The topological polar surface area (TPSA) is 54.0 Å². The number of carbonyl (C=O) groups is 1. The van der Waals surface area contributed by atoms with Gasteiger partial charge in [-0.3, -0.25) is 4.79 Å². The molecule has 0 saturated heterocycles. The molecule has 0 aliphatic heterocycles. The summed E-state index contributed by atoms with van der Waals surface area (Å²) in [7, 11) is 4.73. The Morgan fingerprint density at radius 3 is 2.16 bits per heavy atom. The summed E-state index contributed by atoms with van der Waals surface area (Å²) in [5.74, 6) is 1.60. The molecule has 0 spiro atoms. The van der Waals surface area contributed by atoms with E-state index in [9.17, 15) is 4.79 Å². The van der Waals surface area contributed by atoms with Gasteiger partial charge in [-0.2, -0.15) is 0 Å². The molecule has 2 aromatic carbocycles. The Morgan fingerprint density at radius 2 is 1.52 bits per heavy atom. The molecular formula is C20H24O5. The molecule has 0 amide bonds. The summed E-state index contributed by atoms with van der Waals surface area (Å²) in [6.45, 7) is 0.370. The van der Waals surface area contributed by atoms with E-state index in [0.29, 0.717) is 36.7 Å². The summed E-state index contributed by atoms with van der Waals surface area (Å²) in [6.07, 6.45) is 1.40. The Balaban J connectivity index is 1.92. The van der Waals surface area contributed by atoms with Crippen LogP contribution in [0.15, 0.2) is 42.5 Å². The Labute approximate surface area is 148 Å². The zero-order valence-corrected chi connectivity index (χ0v) is 14.9. The van der Waals surface area contributed by atoms with Crippen molar-refractivity contribution in [1.82, 2.24) is 0 Å². The van der Waals surface area contributed by atoms with Gasteiger partial charge in [0.2, 0.25) is 0 Å². The SMILES string of the molecule is COc1ccc(OC)c(OC)c1CCC(=O)OCCc1ccccc1. The van der Waals surface area contributed by atoms with Crippen molar-refractivity contribution < 1.29 is 23.7 Å². The lowest BCUT2D eigenvalue weighted by molar-refractivity contribution is -0.143. The lowest BCUT2D eigenvalue weighted by atomic mass is 10.1. The molecule has 0 N–H and O–H groups in total. The van der Waals surface area contributed by atoms with Gasteiger partial charge in [0.05, 0.1) is 27.9 Å². The zero-order valence-electron chi connectivity index (χ0n) is 14.9. The molecule has 0 aliphatic carbocycles. The normalized spacial score (nSPS) is 10.2. The highest BCUT2D eigenvalue weighted by atomic mass is 16.5. The van der Waals surface area contributed by atoms with Gasteiger partial charge in [0.1, 0.15) is 5.75 Å². The standard InChI is InChI=1S/C20H24O5/c1-22-17-10-11-18(23-2)20(24-3)16(17)9-12-19(21)25-14-13-15-7-5-4-6-8-15/h4-8,10-11H,9,12-14H2,1-3H3. The van der Waals surface area contributed by atoms with Gasteiger partial charge in [-0.15, -0.1) is 0 Å². The van der Waals surface area contributed by atoms with E-state index in [0.717, 1.165) is 11.1 Å². The lowest BCUT2D eigenvalue weighted by Gasteiger charge is -2.16. The van der Waals surface area contributed by atoms with Crippen molar-refractivity contribution >= 4 is 5.97 Å². The molecule has 0 radical (unpaired) electrons. The average molecular weight is 344 g/mol. The third-order valence-electron chi connectivity index (χ3n) is 3.90. The molecule has 0 unspecified atom stereocenters. The molecule has 2 aromatic rings. The second-order valence-electron chi connectivity index (χ2n) is 5.44. The molecule has 134 valence electrons. The van der Waals surface area contributed by atoms with Crippen LogP contribution >= 0.6 is 0 Å². The number of rotatable bonds is 9. The summed E-state index contributed by atoms with van der Waals surface area (Å²) in [6, 6.07) is 13.5. The fraction of sp³-hybridized carbons (Fsp3) is 0.350. The number of methoxy groups -OCH3 is 3. The highest BCUT2D eigenvalue weighted by Crippen LogP contribution is 2.38.